The first-order chi connectivity index (χ1) is 3.79. The Morgan fingerprint density at radius 2 is 2.50 bits per heavy atom. The molecular weight excluding hydrogens is 172 g/mol. The molecule has 0 unspecified atom stereocenters. The maximum atomic E-state index is 10.4. The third-order valence-electron chi connectivity index (χ3n) is 0.632. The summed E-state index contributed by atoms with van der Waals surface area (Å²) in [6.07, 6.45) is 1.21. The molecule has 0 bridgehead atoms. The zero-order chi connectivity index (χ0) is 5.98. The fourth-order valence-corrected chi connectivity index (χ4v) is 0.680. The number of halogens is 1. The lowest BCUT2D eigenvalue weighted by Crippen LogP contribution is -1.98. The Hall–Kier alpha value is -0.640. The largest absolute Gasteiger partial charge is 0.288 e. The number of nitrogens with one attached hydrogen (secondary N) is 1. The van der Waals surface area contributed by atoms with Gasteiger partial charge in [0.05, 0.1) is 6.20 Å². The van der Waals surface area contributed by atoms with E-state index in [1.165, 1.54) is 12.3 Å². The molecule has 0 aliphatic carbocycles. The Bertz CT molecular complexity index is 231. The lowest BCUT2D eigenvalue weighted by atomic mass is 10.6. The molecule has 1 aromatic rings. The highest BCUT2D eigenvalue weighted by Crippen LogP contribution is 1.95. The van der Waals surface area contributed by atoms with E-state index in [0.29, 0.717) is 4.60 Å². The van der Waals surface area contributed by atoms with Crippen LogP contribution < -0.4 is 5.43 Å². The van der Waals surface area contributed by atoms with E-state index in [1.807, 2.05) is 0 Å². The minimum absolute atomic E-state index is 0.101. The van der Waals surface area contributed by atoms with Crippen LogP contribution in [0.15, 0.2) is 21.7 Å². The molecule has 8 heavy (non-hydrogen) atoms. The Morgan fingerprint density at radius 3 is 2.88 bits per heavy atom. The molecule has 0 radical (unpaired) electrons. The number of aromatic nitrogens is 2. The van der Waals surface area contributed by atoms with Crippen molar-refractivity contribution in [3.05, 3.63) is 27.1 Å². The molecule has 0 spiro atoms. The van der Waals surface area contributed by atoms with E-state index in [0.717, 1.165) is 0 Å². The van der Waals surface area contributed by atoms with Crippen molar-refractivity contribution in [2.24, 2.45) is 0 Å². The molecule has 4 heteroatoms. The monoisotopic (exact) mass is 174 g/mol. The second-order valence-corrected chi connectivity index (χ2v) is 2.12. The summed E-state index contributed by atoms with van der Waals surface area (Å²) in [4.78, 5) is 10.4. The molecule has 1 aromatic heterocycles. The van der Waals surface area contributed by atoms with E-state index in [-0.39, 0.29) is 5.43 Å². The quantitative estimate of drug-likeness (QED) is 0.625. The van der Waals surface area contributed by atoms with Gasteiger partial charge < -0.3 is 0 Å². The molecule has 0 aromatic carbocycles. The van der Waals surface area contributed by atoms with E-state index in [9.17, 15) is 4.79 Å². The third-order valence-corrected chi connectivity index (χ3v) is 1.04. The number of hydrogen-bond donors (Lipinski definition) is 1. The molecular formula is C4H3BrN2O. The number of rotatable bonds is 0. The van der Waals surface area contributed by atoms with Gasteiger partial charge in [0, 0.05) is 6.07 Å². The van der Waals surface area contributed by atoms with Gasteiger partial charge in [0.15, 0.2) is 0 Å². The Labute approximate surface area is 53.9 Å². The topological polar surface area (TPSA) is 45.8 Å². The van der Waals surface area contributed by atoms with Crippen LogP contribution >= 0.6 is 15.9 Å². The summed E-state index contributed by atoms with van der Waals surface area (Å²) in [5.41, 5.74) is -0.101. The fourth-order valence-electron chi connectivity index (χ4n) is 0.352. The molecule has 0 fully saturated rings. The summed E-state index contributed by atoms with van der Waals surface area (Å²) in [7, 11) is 0. The van der Waals surface area contributed by atoms with E-state index < -0.39 is 0 Å². The molecule has 0 saturated carbocycles. The van der Waals surface area contributed by atoms with Crippen molar-refractivity contribution < 1.29 is 0 Å². The third kappa shape index (κ3) is 1.16. The van der Waals surface area contributed by atoms with Gasteiger partial charge in [-0.2, -0.15) is 5.10 Å². The number of H-pyrrole nitrogens is 1. The van der Waals surface area contributed by atoms with E-state index >= 15 is 0 Å². The summed E-state index contributed by atoms with van der Waals surface area (Å²) in [6.45, 7) is 0. The van der Waals surface area contributed by atoms with Crippen molar-refractivity contribution in [1.82, 2.24) is 10.2 Å². The summed E-state index contributed by atoms with van der Waals surface area (Å²) in [6, 6.07) is 1.41. The standard InChI is InChI=1S/C4H3BrN2O/c5-4-1-3(8)2-6-7-4/h1-2H,(H,7,8). The van der Waals surface area contributed by atoms with Gasteiger partial charge >= 0.3 is 0 Å². The zero-order valence-electron chi connectivity index (χ0n) is 3.89. The molecule has 0 atom stereocenters. The van der Waals surface area contributed by atoms with Gasteiger partial charge in [0.1, 0.15) is 4.60 Å². The van der Waals surface area contributed by atoms with Crippen molar-refractivity contribution >= 4 is 15.9 Å². The SMILES string of the molecule is O=c1cn[nH]c(Br)c1. The molecule has 3 nitrogen and oxygen atoms in total. The van der Waals surface area contributed by atoms with Crippen LogP contribution in [0.5, 0.6) is 0 Å². The summed E-state index contributed by atoms with van der Waals surface area (Å²) < 4.78 is 0.602. The lowest BCUT2D eigenvalue weighted by Gasteiger charge is -1.82. The first-order valence-corrected chi connectivity index (χ1v) is 2.78. The molecule has 1 N–H and O–H groups in total. The number of nitrogens with zero attached hydrogens (tertiary/aromatic N) is 1. The van der Waals surface area contributed by atoms with Gasteiger partial charge in [0.2, 0.25) is 5.43 Å². The first-order valence-electron chi connectivity index (χ1n) is 1.99. The van der Waals surface area contributed by atoms with E-state index in [2.05, 4.69) is 26.1 Å². The van der Waals surface area contributed by atoms with Gasteiger partial charge in [-0.15, -0.1) is 0 Å². The molecule has 0 aliphatic rings. The lowest BCUT2D eigenvalue weighted by molar-refractivity contribution is 0.992. The average Bonchev–Trinajstić information content (AvgIpc) is 1.64. The van der Waals surface area contributed by atoms with Crippen molar-refractivity contribution in [3.63, 3.8) is 0 Å². The minimum Gasteiger partial charge on any atom is -0.288 e. The second kappa shape index (κ2) is 2.09. The number of hydrogen-bond acceptors (Lipinski definition) is 2. The maximum absolute atomic E-state index is 10.4. The summed E-state index contributed by atoms with van der Waals surface area (Å²) in [5, 5.41) is 6.04. The van der Waals surface area contributed by atoms with Crippen molar-refractivity contribution in [3.8, 4) is 0 Å². The summed E-state index contributed by atoms with van der Waals surface area (Å²) >= 11 is 3.04. The van der Waals surface area contributed by atoms with Crippen LogP contribution in [0.3, 0.4) is 0 Å². The predicted octanol–water partition coefficient (Wildman–Crippen LogP) is 0.532. The smallest absolute Gasteiger partial charge is 0.201 e. The average molecular weight is 175 g/mol. The van der Waals surface area contributed by atoms with Crippen molar-refractivity contribution in [2.75, 3.05) is 0 Å². The fraction of sp³-hybridized carbons (Fsp3) is 0. The van der Waals surface area contributed by atoms with E-state index in [4.69, 9.17) is 0 Å². The Balaban J connectivity index is 3.28. The Morgan fingerprint density at radius 1 is 1.75 bits per heavy atom. The van der Waals surface area contributed by atoms with Crippen LogP contribution in [-0.2, 0) is 0 Å². The molecule has 42 valence electrons. The van der Waals surface area contributed by atoms with Gasteiger partial charge in [0.25, 0.3) is 0 Å². The highest BCUT2D eigenvalue weighted by atomic mass is 79.9. The molecule has 1 heterocycles. The molecule has 0 aliphatic heterocycles. The normalized spacial score (nSPS) is 9.12. The van der Waals surface area contributed by atoms with Gasteiger partial charge in [-0.25, -0.2) is 0 Å². The van der Waals surface area contributed by atoms with Gasteiger partial charge in [-0.3, -0.25) is 9.89 Å². The van der Waals surface area contributed by atoms with Crippen LogP contribution in [0, 0.1) is 0 Å². The van der Waals surface area contributed by atoms with Crippen LogP contribution in [0.1, 0.15) is 0 Å². The van der Waals surface area contributed by atoms with E-state index in [1.54, 1.807) is 0 Å². The Kier molecular flexibility index (Phi) is 1.43. The van der Waals surface area contributed by atoms with Crippen LogP contribution in [-0.4, -0.2) is 10.2 Å². The molecule has 0 amide bonds. The number of aromatic amines is 1. The highest BCUT2D eigenvalue weighted by Gasteiger charge is 1.83. The zero-order valence-corrected chi connectivity index (χ0v) is 5.47. The second-order valence-electron chi connectivity index (χ2n) is 1.26. The van der Waals surface area contributed by atoms with Gasteiger partial charge in [-0.05, 0) is 15.9 Å². The van der Waals surface area contributed by atoms with Crippen LogP contribution in [0.2, 0.25) is 0 Å². The summed E-state index contributed by atoms with van der Waals surface area (Å²) in [5.74, 6) is 0. The van der Waals surface area contributed by atoms with Gasteiger partial charge in [-0.1, -0.05) is 0 Å². The maximum Gasteiger partial charge on any atom is 0.201 e. The van der Waals surface area contributed by atoms with Crippen LogP contribution in [0.4, 0.5) is 0 Å². The minimum atomic E-state index is -0.101. The van der Waals surface area contributed by atoms with Crippen molar-refractivity contribution in [2.45, 2.75) is 0 Å². The first kappa shape index (κ1) is 5.50. The predicted molar refractivity (Wildman–Crippen MR) is 32.6 cm³/mol. The van der Waals surface area contributed by atoms with Crippen molar-refractivity contribution in [1.29, 1.82) is 0 Å². The molecule has 1 rings (SSSR count). The highest BCUT2D eigenvalue weighted by molar-refractivity contribution is 9.10. The van der Waals surface area contributed by atoms with Crippen LogP contribution in [0.25, 0.3) is 0 Å². The molecule has 0 saturated heterocycles.